The van der Waals surface area contributed by atoms with Gasteiger partial charge in [-0.25, -0.2) is 0 Å². The van der Waals surface area contributed by atoms with E-state index in [4.69, 9.17) is 0 Å². The molecule has 0 radical (unpaired) electrons. The predicted molar refractivity (Wildman–Crippen MR) is 130 cm³/mol. The van der Waals surface area contributed by atoms with Gasteiger partial charge in [0.2, 0.25) is 5.91 Å². The number of aromatic nitrogens is 3. The Labute approximate surface area is 196 Å². The molecule has 2 bridgehead atoms. The smallest absolute Gasteiger partial charge is 0.223 e. The maximum atomic E-state index is 12.5. The van der Waals surface area contributed by atoms with Crippen LogP contribution in [-0.4, -0.2) is 44.2 Å². The molecule has 2 saturated heterocycles. The number of rotatable bonds is 8. The number of carbonyl (C=O) groups is 1. The Hall–Kier alpha value is -1.73. The average molecular weight is 458 g/mol. The van der Waals surface area contributed by atoms with E-state index in [0.29, 0.717) is 24.0 Å². The van der Waals surface area contributed by atoms with Crippen LogP contribution >= 0.6 is 11.3 Å². The van der Waals surface area contributed by atoms with Crippen molar-refractivity contribution in [2.75, 3.05) is 6.54 Å². The first kappa shape index (κ1) is 23.4. The van der Waals surface area contributed by atoms with E-state index in [1.807, 2.05) is 25.2 Å². The molecule has 4 heterocycles. The summed E-state index contributed by atoms with van der Waals surface area (Å²) < 4.78 is 2.42. The Bertz CT molecular complexity index is 919. The molecule has 1 amide bonds. The fraction of sp³-hybridized carbons (Fsp3) is 0.720. The molecule has 0 spiro atoms. The van der Waals surface area contributed by atoms with Crippen molar-refractivity contribution in [1.82, 2.24) is 25.0 Å². The van der Waals surface area contributed by atoms with Gasteiger partial charge in [0, 0.05) is 46.3 Å². The Morgan fingerprint density at radius 2 is 1.78 bits per heavy atom. The van der Waals surface area contributed by atoms with Crippen LogP contribution in [0.5, 0.6) is 0 Å². The van der Waals surface area contributed by atoms with Crippen molar-refractivity contribution < 1.29 is 4.79 Å². The highest BCUT2D eigenvalue weighted by molar-refractivity contribution is 7.12. The van der Waals surface area contributed by atoms with Crippen molar-refractivity contribution in [3.8, 4) is 0 Å². The minimum Gasteiger partial charge on any atom is -0.348 e. The van der Waals surface area contributed by atoms with Gasteiger partial charge in [0.25, 0.3) is 0 Å². The fourth-order valence-electron chi connectivity index (χ4n) is 5.59. The van der Waals surface area contributed by atoms with Gasteiger partial charge in [-0.15, -0.1) is 21.5 Å². The number of hydrogen-bond acceptors (Lipinski definition) is 5. The highest BCUT2D eigenvalue weighted by Gasteiger charge is 2.42. The minimum absolute atomic E-state index is 0.00710. The average Bonchev–Trinajstić information content (AvgIpc) is 3.40. The van der Waals surface area contributed by atoms with Gasteiger partial charge in [-0.05, 0) is 58.1 Å². The quantitative estimate of drug-likeness (QED) is 0.595. The van der Waals surface area contributed by atoms with Gasteiger partial charge in [0.05, 0.1) is 6.04 Å². The topological polar surface area (TPSA) is 63.1 Å². The molecule has 32 heavy (non-hydrogen) atoms. The standard InChI is InChI=1S/C25H39N5OS/c1-15(2)24-28-27-18(6)30(24)21-13-19-8-9-20(14-21)29(19)12-11-22(26-25(31)16(3)4)23-10-7-17(5)32-23/h7,10,15-16,19-22H,8-9,11-14H2,1-6H3,(H,26,31)/t19-,20+,21?,22-/m0/s1. The summed E-state index contributed by atoms with van der Waals surface area (Å²) in [5, 5.41) is 12.2. The van der Waals surface area contributed by atoms with E-state index >= 15 is 0 Å². The summed E-state index contributed by atoms with van der Waals surface area (Å²) >= 11 is 1.81. The Balaban J connectivity index is 1.44. The van der Waals surface area contributed by atoms with Crippen LogP contribution in [0.1, 0.15) is 99.2 Å². The summed E-state index contributed by atoms with van der Waals surface area (Å²) in [5.74, 6) is 2.73. The molecule has 2 aliphatic heterocycles. The van der Waals surface area contributed by atoms with Crippen LogP contribution < -0.4 is 5.32 Å². The Kier molecular flexibility index (Phi) is 7.06. The summed E-state index contributed by atoms with van der Waals surface area (Å²) in [6, 6.07) is 6.20. The molecular weight excluding hydrogens is 418 g/mol. The zero-order valence-electron chi connectivity index (χ0n) is 20.5. The van der Waals surface area contributed by atoms with Gasteiger partial charge in [0.1, 0.15) is 11.6 Å². The number of thiophene rings is 1. The number of nitrogens with one attached hydrogen (secondary N) is 1. The highest BCUT2D eigenvalue weighted by Crippen LogP contribution is 2.42. The first-order chi connectivity index (χ1) is 15.2. The minimum atomic E-state index is 0.00710. The van der Waals surface area contributed by atoms with Crippen LogP contribution in [0.2, 0.25) is 0 Å². The third-order valence-electron chi connectivity index (χ3n) is 7.26. The van der Waals surface area contributed by atoms with Gasteiger partial charge in [-0.1, -0.05) is 27.7 Å². The molecule has 2 aromatic rings. The molecule has 2 aliphatic rings. The fourth-order valence-corrected chi connectivity index (χ4v) is 6.56. The van der Waals surface area contributed by atoms with Crippen LogP contribution in [0.25, 0.3) is 0 Å². The summed E-state index contributed by atoms with van der Waals surface area (Å²) in [6.07, 6.45) is 5.88. The number of aryl methyl sites for hydroxylation is 2. The highest BCUT2D eigenvalue weighted by atomic mass is 32.1. The van der Waals surface area contributed by atoms with Crippen LogP contribution in [0.15, 0.2) is 12.1 Å². The number of nitrogens with zero attached hydrogens (tertiary/aromatic N) is 4. The molecule has 0 aliphatic carbocycles. The SMILES string of the molecule is Cc1ccc([C@H](CCN2[C@@H]3CC[C@H]2CC(n2c(C)nnc2C(C)C)C3)NC(=O)C(C)C)s1. The lowest BCUT2D eigenvalue weighted by Crippen LogP contribution is -2.45. The molecule has 7 heteroatoms. The molecule has 6 nitrogen and oxygen atoms in total. The second-order valence-electron chi connectivity index (χ2n) is 10.3. The first-order valence-electron chi connectivity index (χ1n) is 12.3. The molecule has 2 aromatic heterocycles. The molecule has 4 rings (SSSR count). The third kappa shape index (κ3) is 4.79. The second kappa shape index (κ2) is 9.64. The molecule has 0 aromatic carbocycles. The van der Waals surface area contributed by atoms with E-state index in [1.165, 1.54) is 35.4 Å². The monoisotopic (exact) mass is 457 g/mol. The largest absolute Gasteiger partial charge is 0.348 e. The van der Waals surface area contributed by atoms with Crippen molar-refractivity contribution in [2.24, 2.45) is 5.92 Å². The normalized spacial score (nSPS) is 24.4. The summed E-state index contributed by atoms with van der Waals surface area (Å²) in [4.78, 5) is 17.8. The second-order valence-corrected chi connectivity index (χ2v) is 11.7. The van der Waals surface area contributed by atoms with Crippen LogP contribution in [-0.2, 0) is 4.79 Å². The first-order valence-corrected chi connectivity index (χ1v) is 13.1. The number of carbonyl (C=O) groups excluding carboxylic acids is 1. The van der Waals surface area contributed by atoms with E-state index in [-0.39, 0.29) is 17.9 Å². The zero-order chi connectivity index (χ0) is 23.0. The van der Waals surface area contributed by atoms with E-state index in [2.05, 4.69) is 64.8 Å². The lowest BCUT2D eigenvalue weighted by atomic mass is 9.95. The Morgan fingerprint density at radius 1 is 1.09 bits per heavy atom. The van der Waals surface area contributed by atoms with Gasteiger partial charge in [0.15, 0.2) is 0 Å². The van der Waals surface area contributed by atoms with Crippen LogP contribution in [0.4, 0.5) is 0 Å². The summed E-state index contributed by atoms with van der Waals surface area (Å²) in [7, 11) is 0. The lowest BCUT2D eigenvalue weighted by molar-refractivity contribution is -0.124. The number of piperidine rings is 1. The summed E-state index contributed by atoms with van der Waals surface area (Å²) in [6.45, 7) is 13.6. The van der Waals surface area contributed by atoms with Crippen molar-refractivity contribution in [1.29, 1.82) is 0 Å². The van der Waals surface area contributed by atoms with Crippen LogP contribution in [0, 0.1) is 19.8 Å². The maximum absolute atomic E-state index is 12.5. The van der Waals surface area contributed by atoms with Crippen molar-refractivity contribution >= 4 is 17.2 Å². The number of fused-ring (bicyclic) bond motifs is 2. The third-order valence-corrected chi connectivity index (χ3v) is 8.37. The molecule has 176 valence electrons. The van der Waals surface area contributed by atoms with E-state index in [9.17, 15) is 4.79 Å². The van der Waals surface area contributed by atoms with Gasteiger partial charge in [-0.2, -0.15) is 0 Å². The maximum Gasteiger partial charge on any atom is 0.223 e. The molecule has 2 fully saturated rings. The van der Waals surface area contributed by atoms with E-state index < -0.39 is 0 Å². The number of hydrogen-bond donors (Lipinski definition) is 1. The van der Waals surface area contributed by atoms with E-state index in [1.54, 1.807) is 0 Å². The Morgan fingerprint density at radius 3 is 2.34 bits per heavy atom. The molecule has 4 atom stereocenters. The molecule has 1 unspecified atom stereocenters. The van der Waals surface area contributed by atoms with Crippen molar-refractivity contribution in [3.05, 3.63) is 33.5 Å². The van der Waals surface area contributed by atoms with Gasteiger partial charge in [-0.3, -0.25) is 9.69 Å². The summed E-state index contributed by atoms with van der Waals surface area (Å²) in [5.41, 5.74) is 0. The van der Waals surface area contributed by atoms with Crippen LogP contribution in [0.3, 0.4) is 0 Å². The molecular formula is C25H39N5OS. The van der Waals surface area contributed by atoms with Crippen molar-refractivity contribution in [2.45, 2.75) is 104 Å². The van der Waals surface area contributed by atoms with E-state index in [0.717, 1.165) is 24.6 Å². The van der Waals surface area contributed by atoms with Gasteiger partial charge >= 0.3 is 0 Å². The molecule has 0 saturated carbocycles. The lowest BCUT2D eigenvalue weighted by Gasteiger charge is -2.40. The van der Waals surface area contributed by atoms with Crippen molar-refractivity contribution in [3.63, 3.8) is 0 Å². The number of amides is 1. The molecule has 1 N–H and O–H groups in total. The predicted octanol–water partition coefficient (Wildman–Crippen LogP) is 5.15. The zero-order valence-corrected chi connectivity index (χ0v) is 21.3. The van der Waals surface area contributed by atoms with Gasteiger partial charge < -0.3 is 9.88 Å².